The van der Waals surface area contributed by atoms with Crippen LogP contribution in [-0.2, 0) is 24.6 Å². The van der Waals surface area contributed by atoms with E-state index in [-0.39, 0.29) is 5.92 Å². The average molecular weight is 715 g/mol. The Morgan fingerprint density at radius 1 is 0.593 bits per heavy atom. The smallest absolute Gasteiger partial charge is 0.328 e. The third-order valence-electron chi connectivity index (χ3n) is 9.64. The van der Waals surface area contributed by atoms with E-state index in [0.29, 0.717) is 17.8 Å². The third-order valence-corrected chi connectivity index (χ3v) is 9.64. The SMILES string of the molecule is CC(C1=CC=C(NC(=O)/C=C/C(=O)O)C(c2ccccc2)C1)(c1ccc(-c2ccccc2)cc1)c1ccc(NC(=O)/C=C/C(=O)O)c(-c2ccccc2)c1. The molecule has 6 rings (SSSR count). The van der Waals surface area contributed by atoms with Crippen LogP contribution in [-0.4, -0.2) is 34.0 Å². The molecule has 54 heavy (non-hydrogen) atoms. The lowest BCUT2D eigenvalue weighted by atomic mass is 9.65. The summed E-state index contributed by atoms with van der Waals surface area (Å²) < 4.78 is 0. The highest BCUT2D eigenvalue weighted by atomic mass is 16.4. The van der Waals surface area contributed by atoms with E-state index in [1.807, 2.05) is 103 Å². The Morgan fingerprint density at radius 3 is 1.70 bits per heavy atom. The van der Waals surface area contributed by atoms with Gasteiger partial charge in [-0.05, 0) is 64.9 Å². The first-order valence-corrected chi connectivity index (χ1v) is 17.4. The predicted molar refractivity (Wildman–Crippen MR) is 210 cm³/mol. The number of carboxylic acid groups (broad SMARTS) is 2. The molecule has 4 N–H and O–H groups in total. The lowest BCUT2D eigenvalue weighted by molar-refractivity contribution is -0.132. The highest BCUT2D eigenvalue weighted by Gasteiger charge is 2.37. The normalized spacial score (nSPS) is 15.2. The Hall–Kier alpha value is -7.06. The second kappa shape index (κ2) is 16.5. The van der Waals surface area contributed by atoms with Gasteiger partial charge in [-0.3, -0.25) is 9.59 Å². The van der Waals surface area contributed by atoms with E-state index in [1.165, 1.54) is 0 Å². The Kier molecular flexibility index (Phi) is 11.2. The molecule has 0 radical (unpaired) electrons. The van der Waals surface area contributed by atoms with Crippen molar-refractivity contribution in [2.45, 2.75) is 24.7 Å². The average Bonchev–Trinajstić information content (AvgIpc) is 3.20. The number of carboxylic acids is 2. The molecule has 0 bridgehead atoms. The first-order chi connectivity index (χ1) is 26.1. The maximum absolute atomic E-state index is 12.8. The third kappa shape index (κ3) is 8.52. The number of hydrogen-bond acceptors (Lipinski definition) is 4. The summed E-state index contributed by atoms with van der Waals surface area (Å²) >= 11 is 0. The van der Waals surface area contributed by atoms with E-state index in [4.69, 9.17) is 10.2 Å². The number of aliphatic carboxylic acids is 2. The quantitative estimate of drug-likeness (QED) is 0.0957. The van der Waals surface area contributed by atoms with Crippen LogP contribution in [0.4, 0.5) is 5.69 Å². The van der Waals surface area contributed by atoms with Gasteiger partial charge in [-0.2, -0.15) is 0 Å². The van der Waals surface area contributed by atoms with E-state index in [0.717, 1.165) is 68.8 Å². The standard InChI is InChI=1S/C46H38N2O6/c1-46(35-19-17-32(18-20-35)31-11-5-2-6-12-31,36-21-23-40(47-42(49)25-27-44(51)52)38(29-36)33-13-7-3-8-14-33)37-22-24-41(48-43(50)26-28-45(53)54)39(30-37)34-15-9-4-10-16-34/h2-29,39H,30H2,1H3,(H,47,49)(H,48,50)(H,51,52)(H,53,54)/b27-25+,28-26+. The van der Waals surface area contributed by atoms with Crippen LogP contribution in [0.2, 0.25) is 0 Å². The minimum Gasteiger partial charge on any atom is -0.478 e. The van der Waals surface area contributed by atoms with Crippen molar-refractivity contribution in [3.05, 3.63) is 198 Å². The molecule has 0 saturated carbocycles. The monoisotopic (exact) mass is 714 g/mol. The van der Waals surface area contributed by atoms with Crippen molar-refractivity contribution in [2.75, 3.05) is 5.32 Å². The van der Waals surface area contributed by atoms with Gasteiger partial charge in [0.15, 0.2) is 0 Å². The molecular weight excluding hydrogens is 677 g/mol. The van der Waals surface area contributed by atoms with Crippen molar-refractivity contribution >= 4 is 29.4 Å². The molecule has 0 aromatic heterocycles. The summed E-state index contributed by atoms with van der Waals surface area (Å²) in [5.41, 5.74) is 8.21. The molecule has 0 heterocycles. The molecule has 2 atom stereocenters. The van der Waals surface area contributed by atoms with E-state index < -0.39 is 29.2 Å². The van der Waals surface area contributed by atoms with Crippen LogP contribution in [0.5, 0.6) is 0 Å². The van der Waals surface area contributed by atoms with Crippen molar-refractivity contribution in [1.29, 1.82) is 0 Å². The number of benzene rings is 5. The van der Waals surface area contributed by atoms with Crippen LogP contribution in [0.1, 0.15) is 36.0 Å². The van der Waals surface area contributed by atoms with Crippen molar-refractivity contribution < 1.29 is 29.4 Å². The first kappa shape index (κ1) is 36.7. The lowest BCUT2D eigenvalue weighted by Crippen LogP contribution is -2.32. The molecule has 0 saturated heterocycles. The molecule has 2 amide bonds. The second-order valence-corrected chi connectivity index (χ2v) is 13.0. The van der Waals surface area contributed by atoms with Gasteiger partial charge in [0.05, 0.1) is 0 Å². The van der Waals surface area contributed by atoms with Gasteiger partial charge in [0.25, 0.3) is 0 Å². The summed E-state index contributed by atoms with van der Waals surface area (Å²) in [6.07, 6.45) is 8.04. The number of amides is 2. The molecule has 0 spiro atoms. The minimum absolute atomic E-state index is 0.260. The number of nitrogens with one attached hydrogen (secondary N) is 2. The van der Waals surface area contributed by atoms with Gasteiger partial charge < -0.3 is 20.8 Å². The Labute approximate surface area is 313 Å². The Bertz CT molecular complexity index is 2290. The zero-order valence-electron chi connectivity index (χ0n) is 29.5. The molecule has 8 nitrogen and oxygen atoms in total. The van der Waals surface area contributed by atoms with Gasteiger partial charge >= 0.3 is 11.9 Å². The molecule has 268 valence electrons. The van der Waals surface area contributed by atoms with Crippen molar-refractivity contribution in [3.63, 3.8) is 0 Å². The molecular formula is C46H38N2O6. The number of rotatable bonds is 12. The summed E-state index contributed by atoms with van der Waals surface area (Å²) in [7, 11) is 0. The number of carbonyl (C=O) groups is 4. The summed E-state index contributed by atoms with van der Waals surface area (Å²) in [6.45, 7) is 2.17. The summed E-state index contributed by atoms with van der Waals surface area (Å²) in [4.78, 5) is 47.9. The zero-order chi connectivity index (χ0) is 38.1. The lowest BCUT2D eigenvalue weighted by Gasteiger charge is -2.38. The van der Waals surface area contributed by atoms with Gasteiger partial charge in [0, 0.05) is 52.6 Å². The van der Waals surface area contributed by atoms with Crippen molar-refractivity contribution in [1.82, 2.24) is 5.32 Å². The number of carbonyl (C=O) groups excluding carboxylic acids is 2. The molecule has 5 aromatic rings. The van der Waals surface area contributed by atoms with Crippen molar-refractivity contribution in [3.8, 4) is 22.3 Å². The minimum atomic E-state index is -1.22. The molecule has 0 fully saturated rings. The van der Waals surface area contributed by atoms with Crippen LogP contribution in [0.15, 0.2) is 181 Å². The van der Waals surface area contributed by atoms with E-state index >= 15 is 0 Å². The Balaban J connectivity index is 1.51. The summed E-state index contributed by atoms with van der Waals surface area (Å²) in [6, 6.07) is 44.0. The number of anilines is 1. The van der Waals surface area contributed by atoms with Crippen LogP contribution in [0.25, 0.3) is 22.3 Å². The molecule has 1 aliphatic carbocycles. The fourth-order valence-electron chi connectivity index (χ4n) is 6.82. The molecule has 5 aromatic carbocycles. The maximum Gasteiger partial charge on any atom is 0.328 e. The largest absolute Gasteiger partial charge is 0.478 e. The van der Waals surface area contributed by atoms with E-state index in [2.05, 4.69) is 60.0 Å². The zero-order valence-corrected chi connectivity index (χ0v) is 29.5. The fraction of sp³-hybridized carbons (Fsp3) is 0.0870. The van der Waals surface area contributed by atoms with E-state index in [9.17, 15) is 19.2 Å². The second-order valence-electron chi connectivity index (χ2n) is 13.0. The van der Waals surface area contributed by atoms with Crippen LogP contribution in [0.3, 0.4) is 0 Å². The van der Waals surface area contributed by atoms with Gasteiger partial charge in [0.1, 0.15) is 0 Å². The van der Waals surface area contributed by atoms with E-state index in [1.54, 1.807) is 0 Å². The predicted octanol–water partition coefficient (Wildman–Crippen LogP) is 8.66. The molecule has 2 unspecified atom stereocenters. The Morgan fingerprint density at radius 2 is 1.11 bits per heavy atom. The van der Waals surface area contributed by atoms with Crippen LogP contribution in [0, 0.1) is 0 Å². The number of hydrogen-bond donors (Lipinski definition) is 4. The van der Waals surface area contributed by atoms with Gasteiger partial charge in [-0.25, -0.2) is 9.59 Å². The molecule has 8 heteroatoms. The highest BCUT2D eigenvalue weighted by Crippen LogP contribution is 2.48. The first-order valence-electron chi connectivity index (χ1n) is 17.4. The fourth-order valence-corrected chi connectivity index (χ4v) is 6.82. The summed E-state index contributed by atoms with van der Waals surface area (Å²) in [5, 5.41) is 23.9. The molecule has 1 aliphatic rings. The van der Waals surface area contributed by atoms with Crippen molar-refractivity contribution in [2.24, 2.45) is 0 Å². The van der Waals surface area contributed by atoms with Gasteiger partial charge in [-0.15, -0.1) is 0 Å². The van der Waals surface area contributed by atoms with Gasteiger partial charge in [-0.1, -0.05) is 133 Å². The topological polar surface area (TPSA) is 133 Å². The highest BCUT2D eigenvalue weighted by molar-refractivity contribution is 6.04. The molecule has 0 aliphatic heterocycles. The maximum atomic E-state index is 12.8. The van der Waals surface area contributed by atoms with Gasteiger partial charge in [0.2, 0.25) is 11.8 Å². The van der Waals surface area contributed by atoms with Crippen LogP contribution >= 0.6 is 0 Å². The van der Waals surface area contributed by atoms with Crippen LogP contribution < -0.4 is 10.6 Å². The summed E-state index contributed by atoms with van der Waals surface area (Å²) in [5.74, 6) is -3.80. The number of allylic oxidation sites excluding steroid dienone is 4.